The van der Waals surface area contributed by atoms with Gasteiger partial charge in [0.05, 0.1) is 11.4 Å². The van der Waals surface area contributed by atoms with Crippen molar-refractivity contribution in [2.75, 3.05) is 12.4 Å². The molecular formula is C17H23IN4O2S. The first-order valence-corrected chi connectivity index (χ1v) is 8.97. The van der Waals surface area contributed by atoms with E-state index in [4.69, 9.17) is 5.73 Å². The molecule has 0 heterocycles. The summed E-state index contributed by atoms with van der Waals surface area (Å²) in [6.07, 6.45) is 0. The van der Waals surface area contributed by atoms with E-state index in [1.54, 1.807) is 12.1 Å². The van der Waals surface area contributed by atoms with E-state index < -0.39 is 10.0 Å². The fourth-order valence-electron chi connectivity index (χ4n) is 2.11. The van der Waals surface area contributed by atoms with Gasteiger partial charge in [0.15, 0.2) is 5.96 Å². The highest BCUT2D eigenvalue weighted by molar-refractivity contribution is 14.0. The molecule has 0 aliphatic carbocycles. The second-order valence-electron chi connectivity index (χ2n) is 5.48. The molecule has 2 aromatic carbocycles. The molecule has 25 heavy (non-hydrogen) atoms. The van der Waals surface area contributed by atoms with Crippen molar-refractivity contribution in [3.05, 3.63) is 59.2 Å². The van der Waals surface area contributed by atoms with Gasteiger partial charge in [0.1, 0.15) is 0 Å². The summed E-state index contributed by atoms with van der Waals surface area (Å²) in [5.41, 5.74) is 9.90. The number of hydrogen-bond acceptors (Lipinski definition) is 3. The van der Waals surface area contributed by atoms with Crippen LogP contribution in [0.1, 0.15) is 16.7 Å². The van der Waals surface area contributed by atoms with Crippen molar-refractivity contribution in [2.45, 2.75) is 25.3 Å². The number of halogens is 1. The van der Waals surface area contributed by atoms with Crippen molar-refractivity contribution in [3.8, 4) is 0 Å². The molecule has 0 aliphatic heterocycles. The molecular weight excluding hydrogens is 451 g/mol. The third-order valence-electron chi connectivity index (χ3n) is 3.69. The van der Waals surface area contributed by atoms with E-state index in [9.17, 15) is 8.42 Å². The lowest BCUT2D eigenvalue weighted by molar-refractivity contribution is 0.588. The van der Waals surface area contributed by atoms with E-state index >= 15 is 0 Å². The highest BCUT2D eigenvalue weighted by Crippen LogP contribution is 2.14. The van der Waals surface area contributed by atoms with Crippen LogP contribution in [0.25, 0.3) is 0 Å². The van der Waals surface area contributed by atoms with Crippen LogP contribution in [0.2, 0.25) is 0 Å². The Labute approximate surface area is 166 Å². The zero-order chi connectivity index (χ0) is 17.7. The van der Waals surface area contributed by atoms with Gasteiger partial charge in [-0.25, -0.2) is 18.1 Å². The molecule has 0 atom stereocenters. The number of sulfonamides is 1. The van der Waals surface area contributed by atoms with Gasteiger partial charge in [-0.2, -0.15) is 0 Å². The van der Waals surface area contributed by atoms with Crippen molar-refractivity contribution >= 4 is 45.6 Å². The molecule has 0 amide bonds. The molecule has 0 aromatic heterocycles. The van der Waals surface area contributed by atoms with E-state index in [0.29, 0.717) is 0 Å². The molecule has 0 saturated carbocycles. The summed E-state index contributed by atoms with van der Waals surface area (Å²) in [5, 5.41) is 3.03. The van der Waals surface area contributed by atoms with Gasteiger partial charge in [-0.1, -0.05) is 18.2 Å². The molecule has 0 spiro atoms. The van der Waals surface area contributed by atoms with Crippen LogP contribution in [0.4, 0.5) is 5.69 Å². The molecule has 0 fully saturated rings. The maximum Gasteiger partial charge on any atom is 0.240 e. The van der Waals surface area contributed by atoms with E-state index in [-0.39, 0.29) is 41.4 Å². The number of benzene rings is 2. The van der Waals surface area contributed by atoms with Crippen molar-refractivity contribution in [1.82, 2.24) is 4.72 Å². The van der Waals surface area contributed by atoms with Gasteiger partial charge in [0.25, 0.3) is 0 Å². The smallest absolute Gasteiger partial charge is 0.240 e. The van der Waals surface area contributed by atoms with Crippen LogP contribution in [-0.4, -0.2) is 21.4 Å². The maximum atomic E-state index is 11.8. The summed E-state index contributed by atoms with van der Waals surface area (Å²) in [7, 11) is -2.08. The first-order chi connectivity index (χ1) is 11.3. The lowest BCUT2D eigenvalue weighted by atomic mass is 10.1. The molecule has 6 nitrogen and oxygen atoms in total. The SMILES string of the molecule is CNS(=O)(=O)c1cccc(CN=C(N)Nc2ccc(C)c(C)c2)c1.I. The van der Waals surface area contributed by atoms with Crippen LogP contribution in [0.15, 0.2) is 52.4 Å². The first-order valence-electron chi connectivity index (χ1n) is 7.48. The predicted octanol–water partition coefficient (Wildman–Crippen LogP) is 2.76. The Hall–Kier alpha value is -1.65. The van der Waals surface area contributed by atoms with Gasteiger partial charge in [-0.05, 0) is 61.9 Å². The Kier molecular flexibility index (Phi) is 7.84. The van der Waals surface area contributed by atoms with Crippen LogP contribution in [-0.2, 0) is 16.6 Å². The average Bonchev–Trinajstić information content (AvgIpc) is 2.56. The normalized spacial score (nSPS) is 11.7. The zero-order valence-corrected chi connectivity index (χ0v) is 17.6. The number of guanidine groups is 1. The lowest BCUT2D eigenvalue weighted by Gasteiger charge is -2.08. The molecule has 8 heteroatoms. The molecule has 0 bridgehead atoms. The van der Waals surface area contributed by atoms with Gasteiger partial charge < -0.3 is 11.1 Å². The fourth-order valence-corrected chi connectivity index (χ4v) is 2.91. The molecule has 0 saturated heterocycles. The van der Waals surface area contributed by atoms with Gasteiger partial charge >= 0.3 is 0 Å². The summed E-state index contributed by atoms with van der Waals surface area (Å²) in [5.74, 6) is 0.278. The van der Waals surface area contributed by atoms with Crippen molar-refractivity contribution in [1.29, 1.82) is 0 Å². The Bertz CT molecular complexity index is 867. The van der Waals surface area contributed by atoms with E-state index in [0.717, 1.165) is 16.8 Å². The van der Waals surface area contributed by atoms with Gasteiger partial charge in [0, 0.05) is 5.69 Å². The summed E-state index contributed by atoms with van der Waals surface area (Å²) >= 11 is 0. The Balaban J connectivity index is 0.00000312. The topological polar surface area (TPSA) is 96.6 Å². The number of nitrogens with zero attached hydrogens (tertiary/aromatic N) is 1. The summed E-state index contributed by atoms with van der Waals surface area (Å²) < 4.78 is 25.9. The summed E-state index contributed by atoms with van der Waals surface area (Å²) in [4.78, 5) is 4.47. The fraction of sp³-hybridized carbons (Fsp3) is 0.235. The summed E-state index contributed by atoms with van der Waals surface area (Å²) in [6.45, 7) is 4.36. The third-order valence-corrected chi connectivity index (χ3v) is 5.10. The Morgan fingerprint density at radius 1 is 1.12 bits per heavy atom. The predicted molar refractivity (Wildman–Crippen MR) is 113 cm³/mol. The van der Waals surface area contributed by atoms with E-state index in [1.807, 2.05) is 38.1 Å². The minimum absolute atomic E-state index is 0. The number of nitrogens with two attached hydrogens (primary N) is 1. The highest BCUT2D eigenvalue weighted by Gasteiger charge is 2.11. The van der Waals surface area contributed by atoms with Crippen LogP contribution in [0.5, 0.6) is 0 Å². The largest absolute Gasteiger partial charge is 0.370 e. The number of hydrogen-bond donors (Lipinski definition) is 3. The first kappa shape index (κ1) is 21.4. The molecule has 0 aliphatic rings. The van der Waals surface area contributed by atoms with Crippen LogP contribution >= 0.6 is 24.0 Å². The second kappa shape index (κ2) is 9.16. The quantitative estimate of drug-likeness (QED) is 0.353. The molecule has 2 rings (SSSR count). The Morgan fingerprint density at radius 2 is 1.84 bits per heavy atom. The van der Waals surface area contributed by atoms with Crippen LogP contribution in [0, 0.1) is 13.8 Å². The number of aryl methyl sites for hydroxylation is 2. The van der Waals surface area contributed by atoms with Gasteiger partial charge in [0.2, 0.25) is 10.0 Å². The number of aliphatic imine (C=N–C) groups is 1. The molecule has 0 unspecified atom stereocenters. The number of rotatable bonds is 5. The minimum atomic E-state index is -3.46. The molecule has 136 valence electrons. The number of nitrogens with one attached hydrogen (secondary N) is 2. The van der Waals surface area contributed by atoms with Crippen molar-refractivity contribution in [3.63, 3.8) is 0 Å². The monoisotopic (exact) mass is 474 g/mol. The molecule has 0 radical (unpaired) electrons. The van der Waals surface area contributed by atoms with Crippen LogP contribution < -0.4 is 15.8 Å². The van der Waals surface area contributed by atoms with Crippen molar-refractivity contribution < 1.29 is 8.42 Å². The maximum absolute atomic E-state index is 11.8. The number of anilines is 1. The van der Waals surface area contributed by atoms with Gasteiger partial charge in [-0.3, -0.25) is 0 Å². The molecule has 2 aromatic rings. The summed E-state index contributed by atoms with van der Waals surface area (Å²) in [6, 6.07) is 12.6. The van der Waals surface area contributed by atoms with Gasteiger partial charge in [-0.15, -0.1) is 24.0 Å². The highest BCUT2D eigenvalue weighted by atomic mass is 127. The second-order valence-corrected chi connectivity index (χ2v) is 7.37. The van der Waals surface area contributed by atoms with E-state index in [2.05, 4.69) is 15.0 Å². The lowest BCUT2D eigenvalue weighted by Crippen LogP contribution is -2.22. The molecule has 4 N–H and O–H groups in total. The third kappa shape index (κ3) is 5.98. The van der Waals surface area contributed by atoms with E-state index in [1.165, 1.54) is 18.7 Å². The van der Waals surface area contributed by atoms with Crippen LogP contribution in [0.3, 0.4) is 0 Å². The minimum Gasteiger partial charge on any atom is -0.370 e. The average molecular weight is 474 g/mol. The zero-order valence-electron chi connectivity index (χ0n) is 14.4. The Morgan fingerprint density at radius 3 is 2.48 bits per heavy atom. The van der Waals surface area contributed by atoms with Crippen molar-refractivity contribution in [2.24, 2.45) is 10.7 Å². The standard InChI is InChI=1S/C17H22N4O2S.HI/c1-12-7-8-15(9-13(12)2)21-17(18)20-11-14-5-4-6-16(10-14)24(22,23)19-3;/h4-10,19H,11H2,1-3H3,(H3,18,20,21);1H.